The first-order chi connectivity index (χ1) is 8.24. The minimum absolute atomic E-state index is 0.580. The van der Waals surface area contributed by atoms with Crippen LogP contribution in [0.4, 0.5) is 5.95 Å². The zero-order valence-electron chi connectivity index (χ0n) is 9.55. The van der Waals surface area contributed by atoms with Crippen molar-refractivity contribution in [3.63, 3.8) is 0 Å². The van der Waals surface area contributed by atoms with Crippen molar-refractivity contribution >= 4 is 28.3 Å². The molecular weight excluding hydrogens is 230 g/mol. The van der Waals surface area contributed by atoms with Crippen LogP contribution in [0.3, 0.4) is 0 Å². The van der Waals surface area contributed by atoms with E-state index in [1.165, 1.54) is 11.1 Å². The zero-order chi connectivity index (χ0) is 11.8. The van der Waals surface area contributed by atoms with Crippen LogP contribution in [0.2, 0.25) is 0 Å². The van der Waals surface area contributed by atoms with Gasteiger partial charge in [-0.3, -0.25) is 0 Å². The Hall–Kier alpha value is -1.81. The highest BCUT2D eigenvalue weighted by atomic mass is 32.1. The molecule has 0 unspecified atom stereocenters. The molecule has 2 heterocycles. The SMILES string of the molecule is Cc1ccc2c(c1)nc(N)n2Cc1ccsc1. The molecule has 0 aliphatic rings. The number of benzene rings is 1. The van der Waals surface area contributed by atoms with Gasteiger partial charge in [-0.05, 0) is 47.0 Å². The zero-order valence-corrected chi connectivity index (χ0v) is 10.4. The predicted molar refractivity (Wildman–Crippen MR) is 72.3 cm³/mol. The van der Waals surface area contributed by atoms with E-state index in [1.54, 1.807) is 11.3 Å². The van der Waals surface area contributed by atoms with Crippen molar-refractivity contribution in [1.82, 2.24) is 9.55 Å². The van der Waals surface area contributed by atoms with E-state index in [1.807, 2.05) is 0 Å². The number of imidazole rings is 1. The molecule has 2 N–H and O–H groups in total. The fourth-order valence-electron chi connectivity index (χ4n) is 1.99. The number of hydrogen-bond donors (Lipinski definition) is 1. The number of aromatic nitrogens is 2. The van der Waals surface area contributed by atoms with E-state index in [9.17, 15) is 0 Å². The van der Waals surface area contributed by atoms with Crippen LogP contribution in [-0.2, 0) is 6.54 Å². The molecule has 0 spiro atoms. The second-order valence-corrected chi connectivity index (χ2v) is 4.96. The van der Waals surface area contributed by atoms with Crippen molar-refractivity contribution in [2.45, 2.75) is 13.5 Å². The average Bonchev–Trinajstić information content (AvgIpc) is 2.88. The summed E-state index contributed by atoms with van der Waals surface area (Å²) in [5.41, 5.74) is 10.5. The Labute approximate surface area is 104 Å². The van der Waals surface area contributed by atoms with Gasteiger partial charge >= 0.3 is 0 Å². The number of thiophene rings is 1. The molecule has 0 aliphatic carbocycles. The summed E-state index contributed by atoms with van der Waals surface area (Å²) < 4.78 is 2.05. The van der Waals surface area contributed by atoms with Crippen LogP contribution < -0.4 is 5.73 Å². The molecule has 1 aromatic carbocycles. The monoisotopic (exact) mass is 243 g/mol. The minimum Gasteiger partial charge on any atom is -0.369 e. The predicted octanol–water partition coefficient (Wildman–Crippen LogP) is 3.04. The van der Waals surface area contributed by atoms with Gasteiger partial charge in [-0.1, -0.05) is 6.07 Å². The van der Waals surface area contributed by atoms with Gasteiger partial charge in [-0.2, -0.15) is 11.3 Å². The van der Waals surface area contributed by atoms with Gasteiger partial charge in [0.2, 0.25) is 5.95 Å². The van der Waals surface area contributed by atoms with Crippen LogP contribution in [0, 0.1) is 6.92 Å². The van der Waals surface area contributed by atoms with E-state index >= 15 is 0 Å². The number of rotatable bonds is 2. The van der Waals surface area contributed by atoms with Gasteiger partial charge in [0.25, 0.3) is 0 Å². The van der Waals surface area contributed by atoms with Crippen LogP contribution in [0.25, 0.3) is 11.0 Å². The summed E-state index contributed by atoms with van der Waals surface area (Å²) in [7, 11) is 0. The van der Waals surface area contributed by atoms with Crippen LogP contribution in [0.5, 0.6) is 0 Å². The lowest BCUT2D eigenvalue weighted by atomic mass is 10.2. The van der Waals surface area contributed by atoms with Crippen molar-refractivity contribution in [2.24, 2.45) is 0 Å². The van der Waals surface area contributed by atoms with Gasteiger partial charge < -0.3 is 10.3 Å². The second kappa shape index (κ2) is 3.89. The van der Waals surface area contributed by atoms with Crippen LogP contribution >= 0.6 is 11.3 Å². The van der Waals surface area contributed by atoms with Gasteiger partial charge in [0.1, 0.15) is 0 Å². The van der Waals surface area contributed by atoms with Crippen LogP contribution in [0.15, 0.2) is 35.0 Å². The summed E-state index contributed by atoms with van der Waals surface area (Å²) in [6.07, 6.45) is 0. The lowest BCUT2D eigenvalue weighted by molar-refractivity contribution is 0.842. The maximum absolute atomic E-state index is 5.98. The number of anilines is 1. The highest BCUT2D eigenvalue weighted by Crippen LogP contribution is 2.21. The van der Waals surface area contributed by atoms with Gasteiger partial charge in [0, 0.05) is 0 Å². The van der Waals surface area contributed by atoms with E-state index in [-0.39, 0.29) is 0 Å². The first-order valence-electron chi connectivity index (χ1n) is 5.47. The molecule has 86 valence electrons. The molecule has 0 saturated heterocycles. The van der Waals surface area contributed by atoms with Gasteiger partial charge in [0.15, 0.2) is 0 Å². The Morgan fingerprint density at radius 2 is 2.24 bits per heavy atom. The summed E-state index contributed by atoms with van der Waals surface area (Å²) in [6.45, 7) is 2.85. The molecule has 0 saturated carbocycles. The Morgan fingerprint density at radius 1 is 1.35 bits per heavy atom. The van der Waals surface area contributed by atoms with Gasteiger partial charge in [-0.25, -0.2) is 4.98 Å². The molecule has 0 radical (unpaired) electrons. The molecule has 0 atom stereocenters. The van der Waals surface area contributed by atoms with E-state index in [0.717, 1.165) is 17.6 Å². The second-order valence-electron chi connectivity index (χ2n) is 4.18. The van der Waals surface area contributed by atoms with Crippen LogP contribution in [-0.4, -0.2) is 9.55 Å². The molecule has 4 heteroatoms. The summed E-state index contributed by atoms with van der Waals surface area (Å²) in [5, 5.41) is 4.22. The van der Waals surface area contributed by atoms with Crippen LogP contribution in [0.1, 0.15) is 11.1 Å². The van der Waals surface area contributed by atoms with E-state index < -0.39 is 0 Å². The molecule has 0 fully saturated rings. The van der Waals surface area contributed by atoms with Gasteiger partial charge in [0.05, 0.1) is 17.6 Å². The maximum Gasteiger partial charge on any atom is 0.201 e. The fourth-order valence-corrected chi connectivity index (χ4v) is 2.65. The highest BCUT2D eigenvalue weighted by Gasteiger charge is 2.08. The van der Waals surface area contributed by atoms with Gasteiger partial charge in [-0.15, -0.1) is 0 Å². The molecule has 3 nitrogen and oxygen atoms in total. The molecule has 0 aliphatic heterocycles. The third-order valence-electron chi connectivity index (χ3n) is 2.85. The summed E-state index contributed by atoms with van der Waals surface area (Å²) in [5.74, 6) is 0.580. The van der Waals surface area contributed by atoms with Crippen molar-refractivity contribution in [2.75, 3.05) is 5.73 Å². The van der Waals surface area contributed by atoms with Crippen molar-refractivity contribution in [3.8, 4) is 0 Å². The Morgan fingerprint density at radius 3 is 3.00 bits per heavy atom. The molecule has 2 aromatic heterocycles. The van der Waals surface area contributed by atoms with Crippen molar-refractivity contribution in [3.05, 3.63) is 46.2 Å². The lowest BCUT2D eigenvalue weighted by Gasteiger charge is -2.04. The van der Waals surface area contributed by atoms with E-state index in [2.05, 4.69) is 51.5 Å². The number of nitrogen functional groups attached to an aromatic ring is 1. The minimum atomic E-state index is 0.580. The molecule has 3 rings (SSSR count). The normalized spacial score (nSPS) is 11.1. The fraction of sp³-hybridized carbons (Fsp3) is 0.154. The molecule has 3 aromatic rings. The Kier molecular flexibility index (Phi) is 2.37. The number of hydrogen-bond acceptors (Lipinski definition) is 3. The third-order valence-corrected chi connectivity index (χ3v) is 3.59. The number of fused-ring (bicyclic) bond motifs is 1. The largest absolute Gasteiger partial charge is 0.369 e. The molecule has 17 heavy (non-hydrogen) atoms. The highest BCUT2D eigenvalue weighted by molar-refractivity contribution is 7.07. The summed E-state index contributed by atoms with van der Waals surface area (Å²) in [4.78, 5) is 4.40. The Balaban J connectivity index is 2.12. The molecule has 0 bridgehead atoms. The van der Waals surface area contributed by atoms with Crippen molar-refractivity contribution < 1.29 is 0 Å². The van der Waals surface area contributed by atoms with Crippen molar-refractivity contribution in [1.29, 1.82) is 0 Å². The topological polar surface area (TPSA) is 43.8 Å². The first-order valence-corrected chi connectivity index (χ1v) is 6.42. The summed E-state index contributed by atoms with van der Waals surface area (Å²) in [6, 6.07) is 8.36. The average molecular weight is 243 g/mol. The first kappa shape index (κ1) is 10.4. The third kappa shape index (κ3) is 1.80. The molecular formula is C13H13N3S. The van der Waals surface area contributed by atoms with E-state index in [0.29, 0.717) is 5.95 Å². The lowest BCUT2D eigenvalue weighted by Crippen LogP contribution is -2.03. The molecule has 0 amide bonds. The quantitative estimate of drug-likeness (QED) is 0.751. The number of nitrogens with zero attached hydrogens (tertiary/aromatic N) is 2. The smallest absolute Gasteiger partial charge is 0.201 e. The Bertz CT molecular complexity index is 653. The van der Waals surface area contributed by atoms with E-state index in [4.69, 9.17) is 5.73 Å². The number of nitrogens with two attached hydrogens (primary N) is 1. The summed E-state index contributed by atoms with van der Waals surface area (Å²) >= 11 is 1.70. The standard InChI is InChI=1S/C13H13N3S/c1-9-2-3-12-11(6-9)15-13(14)16(12)7-10-4-5-17-8-10/h2-6,8H,7H2,1H3,(H2,14,15). The maximum atomic E-state index is 5.98. The number of aryl methyl sites for hydroxylation is 1.